The Bertz CT molecular complexity index is 1150. The van der Waals surface area contributed by atoms with E-state index < -0.39 is 6.04 Å². The van der Waals surface area contributed by atoms with Crippen LogP contribution in [0.2, 0.25) is 0 Å². The van der Waals surface area contributed by atoms with Gasteiger partial charge in [0.1, 0.15) is 11.9 Å². The minimum absolute atomic E-state index is 0.0246. The molecule has 2 amide bonds. The number of aliphatic hydroxyl groups is 1. The molecule has 0 unspecified atom stereocenters. The topological polar surface area (TPSA) is 88.1 Å². The molecule has 7 nitrogen and oxygen atoms in total. The van der Waals surface area contributed by atoms with Gasteiger partial charge in [-0.2, -0.15) is 0 Å². The molecule has 0 aliphatic rings. The molecule has 0 bridgehead atoms. The van der Waals surface area contributed by atoms with Gasteiger partial charge in [-0.25, -0.2) is 4.39 Å². The lowest BCUT2D eigenvalue weighted by molar-refractivity contribution is -0.140. The highest BCUT2D eigenvalue weighted by Gasteiger charge is 2.30. The van der Waals surface area contributed by atoms with Crippen molar-refractivity contribution in [1.29, 1.82) is 0 Å². The summed E-state index contributed by atoms with van der Waals surface area (Å²) in [5.41, 5.74) is 2.29. The molecule has 0 aliphatic carbocycles. The first-order chi connectivity index (χ1) is 17.9. The summed E-state index contributed by atoms with van der Waals surface area (Å²) >= 11 is 0. The molecule has 196 valence electrons. The van der Waals surface area contributed by atoms with Crippen molar-refractivity contribution in [2.24, 2.45) is 0 Å². The van der Waals surface area contributed by atoms with Crippen molar-refractivity contribution in [1.82, 2.24) is 10.2 Å². The van der Waals surface area contributed by atoms with Crippen molar-refractivity contribution in [3.8, 4) is 11.5 Å². The Morgan fingerprint density at radius 2 is 1.59 bits per heavy atom. The summed E-state index contributed by atoms with van der Waals surface area (Å²) < 4.78 is 24.2. The summed E-state index contributed by atoms with van der Waals surface area (Å²) in [7, 11) is 3.06. The summed E-state index contributed by atoms with van der Waals surface area (Å²) in [5.74, 6) is 0.0805. The molecular weight excluding hydrogens is 475 g/mol. The standard InChI is InChI=1S/C29H33FN2O5/c1-36-26-14-11-23(18-27(26)37-2)19-28(34)32(20-22-9-12-24(30)13-10-22)25(29(35)31-15-6-16-33)17-21-7-4-3-5-8-21/h3-5,7-14,18,25,33H,6,15-17,19-20H2,1-2H3,(H,31,35)/t25-/m1/s1. The van der Waals surface area contributed by atoms with Gasteiger partial charge in [-0.1, -0.05) is 48.5 Å². The number of methoxy groups -OCH3 is 2. The molecular formula is C29H33FN2O5. The summed E-state index contributed by atoms with van der Waals surface area (Å²) in [6, 6.07) is 19.8. The third kappa shape index (κ3) is 8.05. The first-order valence-electron chi connectivity index (χ1n) is 12.1. The lowest BCUT2D eigenvalue weighted by Gasteiger charge is -2.32. The second kappa shape index (κ2) is 14.0. The van der Waals surface area contributed by atoms with E-state index in [1.165, 1.54) is 31.3 Å². The zero-order valence-corrected chi connectivity index (χ0v) is 21.2. The minimum atomic E-state index is -0.821. The number of hydrogen-bond donors (Lipinski definition) is 2. The van der Waals surface area contributed by atoms with Gasteiger partial charge in [-0.3, -0.25) is 9.59 Å². The van der Waals surface area contributed by atoms with Crippen LogP contribution in [0.15, 0.2) is 72.8 Å². The Morgan fingerprint density at radius 3 is 2.24 bits per heavy atom. The molecule has 0 saturated heterocycles. The molecule has 2 N–H and O–H groups in total. The van der Waals surface area contributed by atoms with Crippen molar-refractivity contribution in [3.63, 3.8) is 0 Å². The van der Waals surface area contributed by atoms with Crippen LogP contribution in [0.4, 0.5) is 4.39 Å². The van der Waals surface area contributed by atoms with Crippen LogP contribution in [0, 0.1) is 5.82 Å². The number of nitrogens with one attached hydrogen (secondary N) is 1. The maximum absolute atomic E-state index is 13.8. The summed E-state index contributed by atoms with van der Waals surface area (Å²) in [4.78, 5) is 28.7. The van der Waals surface area contributed by atoms with E-state index in [0.29, 0.717) is 35.5 Å². The summed E-state index contributed by atoms with van der Waals surface area (Å²) in [6.07, 6.45) is 0.725. The van der Waals surface area contributed by atoms with E-state index in [9.17, 15) is 14.0 Å². The van der Waals surface area contributed by atoms with E-state index in [0.717, 1.165) is 5.56 Å². The van der Waals surface area contributed by atoms with Crippen LogP contribution >= 0.6 is 0 Å². The maximum atomic E-state index is 13.8. The van der Waals surface area contributed by atoms with Gasteiger partial charge in [0.2, 0.25) is 11.8 Å². The lowest BCUT2D eigenvalue weighted by atomic mass is 10.0. The molecule has 3 rings (SSSR count). The van der Waals surface area contributed by atoms with Gasteiger partial charge in [0.25, 0.3) is 0 Å². The van der Waals surface area contributed by atoms with Crippen molar-refractivity contribution < 1.29 is 28.6 Å². The minimum Gasteiger partial charge on any atom is -0.493 e. The quantitative estimate of drug-likeness (QED) is 0.345. The molecule has 0 radical (unpaired) electrons. The van der Waals surface area contributed by atoms with Crippen molar-refractivity contribution >= 4 is 11.8 Å². The SMILES string of the molecule is COc1ccc(CC(=O)N(Cc2ccc(F)cc2)[C@H](Cc2ccccc2)C(=O)NCCCO)cc1OC. The van der Waals surface area contributed by atoms with E-state index in [-0.39, 0.29) is 43.7 Å². The normalized spacial score (nSPS) is 11.5. The Balaban J connectivity index is 1.95. The Hall–Kier alpha value is -3.91. The lowest BCUT2D eigenvalue weighted by Crippen LogP contribution is -2.51. The number of halogens is 1. The van der Waals surface area contributed by atoms with E-state index in [4.69, 9.17) is 14.6 Å². The molecule has 3 aromatic rings. The second-order valence-electron chi connectivity index (χ2n) is 8.59. The number of carbonyl (C=O) groups excluding carboxylic acids is 2. The molecule has 0 aromatic heterocycles. The van der Waals surface area contributed by atoms with Crippen LogP contribution in [0.1, 0.15) is 23.1 Å². The number of benzene rings is 3. The number of amides is 2. The van der Waals surface area contributed by atoms with E-state index >= 15 is 0 Å². The average molecular weight is 509 g/mol. The van der Waals surface area contributed by atoms with E-state index in [1.54, 1.807) is 30.3 Å². The highest BCUT2D eigenvalue weighted by molar-refractivity contribution is 5.88. The molecule has 0 spiro atoms. The third-order valence-electron chi connectivity index (χ3n) is 5.97. The zero-order valence-electron chi connectivity index (χ0n) is 21.2. The number of ether oxygens (including phenoxy) is 2. The number of nitrogens with zero attached hydrogens (tertiary/aromatic N) is 1. The van der Waals surface area contributed by atoms with Gasteiger partial charge in [-0.05, 0) is 47.4 Å². The zero-order chi connectivity index (χ0) is 26.6. The monoisotopic (exact) mass is 508 g/mol. The van der Waals surface area contributed by atoms with Gasteiger partial charge in [0.15, 0.2) is 11.5 Å². The van der Waals surface area contributed by atoms with Crippen LogP contribution in [0.5, 0.6) is 11.5 Å². The van der Waals surface area contributed by atoms with Gasteiger partial charge < -0.3 is 24.8 Å². The number of aliphatic hydroxyl groups excluding tert-OH is 1. The third-order valence-corrected chi connectivity index (χ3v) is 5.97. The fourth-order valence-corrected chi connectivity index (χ4v) is 4.02. The Kier molecular flexibility index (Phi) is 10.5. The molecule has 0 fully saturated rings. The number of carbonyl (C=O) groups is 2. The highest BCUT2D eigenvalue weighted by atomic mass is 19.1. The van der Waals surface area contributed by atoms with E-state index in [1.807, 2.05) is 30.3 Å². The smallest absolute Gasteiger partial charge is 0.243 e. The molecule has 8 heteroatoms. The van der Waals surface area contributed by atoms with Gasteiger partial charge in [0, 0.05) is 26.1 Å². The molecule has 3 aromatic carbocycles. The number of hydrogen-bond acceptors (Lipinski definition) is 5. The van der Waals surface area contributed by atoms with Gasteiger partial charge >= 0.3 is 0 Å². The maximum Gasteiger partial charge on any atom is 0.243 e. The fourth-order valence-electron chi connectivity index (χ4n) is 4.02. The van der Waals surface area contributed by atoms with Crippen molar-refractivity contribution in [3.05, 3.63) is 95.3 Å². The predicted octanol–water partition coefficient (Wildman–Crippen LogP) is 3.52. The van der Waals surface area contributed by atoms with Gasteiger partial charge in [-0.15, -0.1) is 0 Å². The summed E-state index contributed by atoms with van der Waals surface area (Å²) in [6.45, 7) is 0.355. The highest BCUT2D eigenvalue weighted by Crippen LogP contribution is 2.28. The van der Waals surface area contributed by atoms with Crippen molar-refractivity contribution in [2.45, 2.75) is 31.8 Å². The molecule has 1 atom stereocenters. The van der Waals surface area contributed by atoms with Crippen LogP contribution in [0.3, 0.4) is 0 Å². The first-order valence-corrected chi connectivity index (χ1v) is 12.1. The fraction of sp³-hybridized carbons (Fsp3) is 0.310. The Labute approximate surface area is 216 Å². The predicted molar refractivity (Wildman–Crippen MR) is 139 cm³/mol. The first kappa shape index (κ1) is 27.7. The van der Waals surface area contributed by atoms with Crippen LogP contribution < -0.4 is 14.8 Å². The molecule has 0 saturated carbocycles. The molecule has 0 heterocycles. The molecule has 0 aliphatic heterocycles. The number of rotatable bonds is 13. The summed E-state index contributed by atoms with van der Waals surface area (Å²) in [5, 5.41) is 12.0. The van der Waals surface area contributed by atoms with Crippen LogP contribution in [-0.4, -0.2) is 55.2 Å². The largest absolute Gasteiger partial charge is 0.493 e. The molecule has 37 heavy (non-hydrogen) atoms. The Morgan fingerprint density at radius 1 is 0.919 bits per heavy atom. The van der Waals surface area contributed by atoms with Gasteiger partial charge in [0.05, 0.1) is 20.6 Å². The average Bonchev–Trinajstić information content (AvgIpc) is 2.92. The van der Waals surface area contributed by atoms with Crippen LogP contribution in [-0.2, 0) is 29.0 Å². The van der Waals surface area contributed by atoms with Crippen LogP contribution in [0.25, 0.3) is 0 Å². The van der Waals surface area contributed by atoms with Crippen molar-refractivity contribution in [2.75, 3.05) is 27.4 Å². The van der Waals surface area contributed by atoms with E-state index in [2.05, 4.69) is 5.32 Å². The second-order valence-corrected chi connectivity index (χ2v) is 8.59.